The smallest absolute Gasteiger partial charge is 0.264 e. The van der Waals surface area contributed by atoms with Gasteiger partial charge in [0.25, 0.3) is 10.0 Å². The Balaban J connectivity index is 1.57. The molecule has 0 spiro atoms. The predicted octanol–water partition coefficient (Wildman–Crippen LogP) is 6.34. The molecule has 2 amide bonds. The normalized spacial score (nSPS) is 14.1. The van der Waals surface area contributed by atoms with Gasteiger partial charge in [0.15, 0.2) is 0 Å². The second-order valence-corrected chi connectivity index (χ2v) is 13.8. The first kappa shape index (κ1) is 32.9. The number of halogens is 1. The first-order valence-electron chi connectivity index (χ1n) is 15.6. The monoisotopic (exact) mass is 641 g/mol. The van der Waals surface area contributed by atoms with E-state index in [0.29, 0.717) is 0 Å². The number of hydrogen-bond acceptors (Lipinski definition) is 4. The lowest BCUT2D eigenvalue weighted by atomic mass is 10.0. The molecule has 7 nitrogen and oxygen atoms in total. The Morgan fingerprint density at radius 3 is 2.02 bits per heavy atom. The van der Waals surface area contributed by atoms with E-state index in [-0.39, 0.29) is 35.5 Å². The molecule has 4 aromatic carbocycles. The quantitative estimate of drug-likeness (QED) is 0.196. The molecule has 0 saturated heterocycles. The van der Waals surface area contributed by atoms with Gasteiger partial charge in [-0.3, -0.25) is 13.9 Å². The van der Waals surface area contributed by atoms with Crippen LogP contribution in [0.25, 0.3) is 0 Å². The SMILES string of the molecule is Cc1ccc(CN(C(=O)CN(c2ccccc2F)S(=O)(=O)c2ccc(C)cc2)[C@@H](Cc2ccccc2)C(=O)NC2CCCC2)cc1. The average Bonchev–Trinajstić information content (AvgIpc) is 3.56. The molecule has 0 unspecified atom stereocenters. The minimum absolute atomic E-state index is 0.0129. The highest BCUT2D eigenvalue weighted by Gasteiger charge is 2.36. The van der Waals surface area contributed by atoms with E-state index in [1.165, 1.54) is 35.2 Å². The zero-order valence-electron chi connectivity index (χ0n) is 26.2. The largest absolute Gasteiger partial charge is 0.352 e. The minimum atomic E-state index is -4.38. The Bertz CT molecular complexity index is 1740. The van der Waals surface area contributed by atoms with Gasteiger partial charge in [-0.1, -0.05) is 103 Å². The van der Waals surface area contributed by atoms with Gasteiger partial charge < -0.3 is 10.2 Å². The zero-order chi connectivity index (χ0) is 32.7. The van der Waals surface area contributed by atoms with E-state index < -0.39 is 34.3 Å². The number of carbonyl (C=O) groups excluding carboxylic acids is 2. The van der Waals surface area contributed by atoms with Crippen molar-refractivity contribution >= 4 is 27.5 Å². The van der Waals surface area contributed by atoms with Crippen LogP contribution in [0, 0.1) is 19.7 Å². The van der Waals surface area contributed by atoms with E-state index >= 15 is 4.39 Å². The Kier molecular flexibility index (Phi) is 10.5. The Hall–Kier alpha value is -4.50. The van der Waals surface area contributed by atoms with Crippen LogP contribution in [-0.2, 0) is 32.6 Å². The summed E-state index contributed by atoms with van der Waals surface area (Å²) in [5.74, 6) is -1.70. The van der Waals surface area contributed by atoms with Crippen molar-refractivity contribution in [2.75, 3.05) is 10.8 Å². The second-order valence-electron chi connectivity index (χ2n) is 12.0. The van der Waals surface area contributed by atoms with Crippen molar-refractivity contribution in [2.45, 2.75) is 69.5 Å². The van der Waals surface area contributed by atoms with Gasteiger partial charge in [-0.2, -0.15) is 0 Å². The fourth-order valence-corrected chi connectivity index (χ4v) is 7.24. The molecule has 46 heavy (non-hydrogen) atoms. The number of para-hydroxylation sites is 1. The van der Waals surface area contributed by atoms with Crippen LogP contribution in [0.15, 0.2) is 108 Å². The number of sulfonamides is 1. The van der Waals surface area contributed by atoms with Gasteiger partial charge >= 0.3 is 0 Å². The van der Waals surface area contributed by atoms with Crippen LogP contribution in [0.3, 0.4) is 0 Å². The predicted molar refractivity (Wildman–Crippen MR) is 178 cm³/mol. The highest BCUT2D eigenvalue weighted by Crippen LogP contribution is 2.28. The van der Waals surface area contributed by atoms with Crippen molar-refractivity contribution in [2.24, 2.45) is 0 Å². The third-order valence-electron chi connectivity index (χ3n) is 8.46. The van der Waals surface area contributed by atoms with Crippen molar-refractivity contribution in [3.05, 3.63) is 131 Å². The van der Waals surface area contributed by atoms with E-state index in [1.54, 1.807) is 12.1 Å². The van der Waals surface area contributed by atoms with Crippen LogP contribution in [0.1, 0.15) is 47.9 Å². The third-order valence-corrected chi connectivity index (χ3v) is 10.2. The molecule has 4 aromatic rings. The summed E-state index contributed by atoms with van der Waals surface area (Å²) in [6.45, 7) is 3.15. The molecule has 0 aliphatic heterocycles. The van der Waals surface area contributed by atoms with Gasteiger partial charge in [0.1, 0.15) is 18.4 Å². The van der Waals surface area contributed by atoms with Gasteiger partial charge in [0.2, 0.25) is 11.8 Å². The van der Waals surface area contributed by atoms with Gasteiger partial charge in [0, 0.05) is 19.0 Å². The minimum Gasteiger partial charge on any atom is -0.352 e. The van der Waals surface area contributed by atoms with Crippen molar-refractivity contribution in [3.8, 4) is 0 Å². The standard InChI is InChI=1S/C37H40FN3O4S/c1-27-16-20-30(21-17-27)25-40(35(24-29-10-4-3-5-11-29)37(43)39-31-12-6-7-13-31)36(42)26-41(34-15-9-8-14-33(34)38)46(44,45)32-22-18-28(2)19-23-32/h3-5,8-11,14-23,31,35H,6-7,12-13,24-26H2,1-2H3,(H,39,43)/t35-/m0/s1. The van der Waals surface area contributed by atoms with Crippen LogP contribution in [-0.4, -0.2) is 43.8 Å². The van der Waals surface area contributed by atoms with Gasteiger partial charge in [-0.25, -0.2) is 12.8 Å². The molecule has 1 N–H and O–H groups in total. The van der Waals surface area contributed by atoms with E-state index in [1.807, 2.05) is 68.4 Å². The summed E-state index contributed by atoms with van der Waals surface area (Å²) in [5, 5.41) is 3.16. The number of aryl methyl sites for hydroxylation is 2. The third kappa shape index (κ3) is 8.01. The van der Waals surface area contributed by atoms with Crippen LogP contribution in [0.5, 0.6) is 0 Å². The van der Waals surface area contributed by atoms with E-state index in [4.69, 9.17) is 0 Å². The van der Waals surface area contributed by atoms with Crippen LogP contribution in [0.2, 0.25) is 0 Å². The van der Waals surface area contributed by atoms with Crippen molar-refractivity contribution in [3.63, 3.8) is 0 Å². The van der Waals surface area contributed by atoms with E-state index in [9.17, 15) is 18.0 Å². The second kappa shape index (κ2) is 14.7. The molecule has 1 atom stereocenters. The molecule has 0 bridgehead atoms. The number of nitrogens with one attached hydrogen (secondary N) is 1. The maximum Gasteiger partial charge on any atom is 0.264 e. The Morgan fingerprint density at radius 2 is 1.39 bits per heavy atom. The fraction of sp³-hybridized carbons (Fsp3) is 0.297. The lowest BCUT2D eigenvalue weighted by molar-refractivity contribution is -0.140. The first-order chi connectivity index (χ1) is 22.1. The maximum absolute atomic E-state index is 15.3. The zero-order valence-corrected chi connectivity index (χ0v) is 27.0. The summed E-state index contributed by atoms with van der Waals surface area (Å²) < 4.78 is 44.3. The maximum atomic E-state index is 15.3. The number of rotatable bonds is 12. The summed E-state index contributed by atoms with van der Waals surface area (Å²) >= 11 is 0. The van der Waals surface area contributed by atoms with Crippen LogP contribution < -0.4 is 9.62 Å². The lowest BCUT2D eigenvalue weighted by Crippen LogP contribution is -2.54. The van der Waals surface area contributed by atoms with Crippen molar-refractivity contribution in [1.82, 2.24) is 10.2 Å². The molecule has 1 aliphatic carbocycles. The molecular weight excluding hydrogens is 601 g/mol. The number of amides is 2. The van der Waals surface area contributed by atoms with Gasteiger partial charge in [-0.05, 0) is 62.1 Å². The molecule has 0 heterocycles. The molecule has 0 aromatic heterocycles. The summed E-state index contributed by atoms with van der Waals surface area (Å²) in [7, 11) is -4.38. The summed E-state index contributed by atoms with van der Waals surface area (Å²) in [6.07, 6.45) is 4.00. The molecule has 5 rings (SSSR count). The number of anilines is 1. The lowest BCUT2D eigenvalue weighted by Gasteiger charge is -2.34. The van der Waals surface area contributed by atoms with E-state index in [2.05, 4.69) is 5.32 Å². The number of hydrogen-bond donors (Lipinski definition) is 1. The summed E-state index contributed by atoms with van der Waals surface area (Å²) in [4.78, 5) is 30.0. The van der Waals surface area contributed by atoms with Gasteiger partial charge in [0.05, 0.1) is 10.6 Å². The highest BCUT2D eigenvalue weighted by atomic mass is 32.2. The Labute approximate surface area is 271 Å². The number of nitrogens with zero attached hydrogens (tertiary/aromatic N) is 2. The molecule has 1 saturated carbocycles. The number of carbonyl (C=O) groups is 2. The molecule has 9 heteroatoms. The van der Waals surface area contributed by atoms with Crippen molar-refractivity contribution < 1.29 is 22.4 Å². The van der Waals surface area contributed by atoms with Crippen LogP contribution in [0.4, 0.5) is 10.1 Å². The topological polar surface area (TPSA) is 86.8 Å². The molecule has 1 fully saturated rings. The summed E-state index contributed by atoms with van der Waals surface area (Å²) in [6, 6.07) is 27.8. The first-order valence-corrected chi connectivity index (χ1v) is 17.1. The summed E-state index contributed by atoms with van der Waals surface area (Å²) in [5.41, 5.74) is 3.28. The average molecular weight is 642 g/mol. The molecule has 1 aliphatic rings. The van der Waals surface area contributed by atoms with Gasteiger partial charge in [-0.15, -0.1) is 0 Å². The van der Waals surface area contributed by atoms with E-state index in [0.717, 1.165) is 58.3 Å². The molecular formula is C37H40FN3O4S. The Morgan fingerprint density at radius 1 is 0.804 bits per heavy atom. The fourth-order valence-electron chi connectivity index (χ4n) is 5.82. The molecule has 0 radical (unpaired) electrons. The highest BCUT2D eigenvalue weighted by molar-refractivity contribution is 7.92. The molecule has 240 valence electrons. The van der Waals surface area contributed by atoms with Crippen molar-refractivity contribution in [1.29, 1.82) is 0 Å². The number of benzene rings is 4. The van der Waals surface area contributed by atoms with Crippen LogP contribution >= 0.6 is 0 Å².